The van der Waals surface area contributed by atoms with Crippen LogP contribution in [0, 0.1) is 13.8 Å². The highest BCUT2D eigenvalue weighted by molar-refractivity contribution is 7.91. The molecule has 22 heavy (non-hydrogen) atoms. The van der Waals surface area contributed by atoms with Gasteiger partial charge in [-0.05, 0) is 31.7 Å². The average Bonchev–Trinajstić information content (AvgIpc) is 3.15. The Balaban J connectivity index is 1.83. The van der Waals surface area contributed by atoms with Crippen LogP contribution in [0.25, 0.3) is 0 Å². The summed E-state index contributed by atoms with van der Waals surface area (Å²) in [5, 5.41) is 6.05. The molecule has 7 heteroatoms. The molecule has 0 unspecified atom stereocenters. The fourth-order valence-corrected chi connectivity index (χ4v) is 5.40. The van der Waals surface area contributed by atoms with Crippen LogP contribution in [0.5, 0.6) is 0 Å². The zero-order valence-electron chi connectivity index (χ0n) is 12.8. The Morgan fingerprint density at radius 2 is 2.23 bits per heavy atom. The van der Waals surface area contributed by atoms with E-state index >= 15 is 0 Å². The maximum Gasteiger partial charge on any atom is 0.151 e. The van der Waals surface area contributed by atoms with Crippen molar-refractivity contribution in [2.45, 2.75) is 39.4 Å². The molecule has 3 heterocycles. The summed E-state index contributed by atoms with van der Waals surface area (Å²) in [7, 11) is -2.90. The van der Waals surface area contributed by atoms with Crippen LogP contribution in [0.15, 0.2) is 22.0 Å². The molecular weight excluding hydrogens is 320 g/mol. The summed E-state index contributed by atoms with van der Waals surface area (Å²) < 4.78 is 28.9. The number of sulfone groups is 1. The Morgan fingerprint density at radius 3 is 2.77 bits per heavy atom. The number of rotatable bonds is 5. The van der Waals surface area contributed by atoms with Gasteiger partial charge in [-0.25, -0.2) is 8.42 Å². The van der Waals surface area contributed by atoms with Crippen molar-refractivity contribution in [1.29, 1.82) is 0 Å². The predicted octanol–water partition coefficient (Wildman–Crippen LogP) is 2.54. The molecule has 3 rings (SSSR count). The summed E-state index contributed by atoms with van der Waals surface area (Å²) in [4.78, 5) is 3.50. The fourth-order valence-electron chi connectivity index (χ4n) is 2.91. The summed E-state index contributed by atoms with van der Waals surface area (Å²) >= 11 is 1.70. The maximum absolute atomic E-state index is 11.8. The normalized spacial score (nSPS) is 20.8. The highest BCUT2D eigenvalue weighted by atomic mass is 32.2. The molecule has 1 fully saturated rings. The van der Waals surface area contributed by atoms with Crippen LogP contribution < -0.4 is 0 Å². The number of hydrogen-bond acceptors (Lipinski definition) is 6. The zero-order valence-corrected chi connectivity index (χ0v) is 14.4. The van der Waals surface area contributed by atoms with E-state index in [2.05, 4.69) is 21.5 Å². The van der Waals surface area contributed by atoms with E-state index in [9.17, 15) is 8.42 Å². The zero-order chi connectivity index (χ0) is 15.7. The maximum atomic E-state index is 11.8. The van der Waals surface area contributed by atoms with Crippen molar-refractivity contribution in [2.24, 2.45) is 0 Å². The van der Waals surface area contributed by atoms with Gasteiger partial charge in [0.25, 0.3) is 0 Å². The molecule has 1 saturated heterocycles. The fraction of sp³-hybridized carbons (Fsp3) is 0.533. The minimum Gasteiger partial charge on any atom is -0.361 e. The van der Waals surface area contributed by atoms with Crippen molar-refractivity contribution in [2.75, 3.05) is 11.5 Å². The third kappa shape index (κ3) is 3.42. The molecule has 0 aromatic carbocycles. The molecule has 0 saturated carbocycles. The molecule has 0 N–H and O–H groups in total. The van der Waals surface area contributed by atoms with E-state index in [0.717, 1.165) is 23.6 Å². The van der Waals surface area contributed by atoms with Crippen molar-refractivity contribution in [1.82, 2.24) is 10.1 Å². The monoisotopic (exact) mass is 340 g/mol. The molecule has 120 valence electrons. The number of hydrogen-bond donors (Lipinski definition) is 0. The first-order valence-electron chi connectivity index (χ1n) is 7.33. The second kappa shape index (κ2) is 6.14. The van der Waals surface area contributed by atoms with Gasteiger partial charge in [-0.2, -0.15) is 0 Å². The average molecular weight is 340 g/mol. The lowest BCUT2D eigenvalue weighted by atomic mass is 10.1. The topological polar surface area (TPSA) is 63.4 Å². The molecule has 0 aliphatic carbocycles. The van der Waals surface area contributed by atoms with Crippen molar-refractivity contribution in [3.05, 3.63) is 39.4 Å². The summed E-state index contributed by atoms with van der Waals surface area (Å²) in [5.74, 6) is 1.36. The molecule has 2 aromatic rings. The Hall–Kier alpha value is -1.18. The minimum absolute atomic E-state index is 0.0702. The summed E-state index contributed by atoms with van der Waals surface area (Å²) in [6.45, 7) is 5.28. The quantitative estimate of drug-likeness (QED) is 0.837. The third-order valence-corrected chi connectivity index (χ3v) is 6.82. The van der Waals surface area contributed by atoms with Crippen LogP contribution in [0.1, 0.15) is 28.3 Å². The Kier molecular flexibility index (Phi) is 4.38. The standard InChI is InChI=1S/C15H20N2O3S2/c1-11-15(12(2)20-16-11)9-17(8-14-4-3-6-21-14)13-5-7-22(18,19)10-13/h3-4,6,13H,5,7-10H2,1-2H3/t13-/m0/s1. The molecule has 1 aliphatic heterocycles. The van der Waals surface area contributed by atoms with Crippen LogP contribution in [0.4, 0.5) is 0 Å². The lowest BCUT2D eigenvalue weighted by Crippen LogP contribution is -2.35. The van der Waals surface area contributed by atoms with Crippen LogP contribution in [0.2, 0.25) is 0 Å². The first-order chi connectivity index (χ1) is 10.4. The van der Waals surface area contributed by atoms with Crippen LogP contribution >= 0.6 is 11.3 Å². The lowest BCUT2D eigenvalue weighted by molar-refractivity contribution is 0.194. The van der Waals surface area contributed by atoms with Gasteiger partial charge >= 0.3 is 0 Å². The Morgan fingerprint density at radius 1 is 1.41 bits per heavy atom. The van der Waals surface area contributed by atoms with Gasteiger partial charge in [0, 0.05) is 29.6 Å². The van der Waals surface area contributed by atoms with Gasteiger partial charge in [-0.15, -0.1) is 11.3 Å². The van der Waals surface area contributed by atoms with Crippen LogP contribution in [0.3, 0.4) is 0 Å². The SMILES string of the molecule is Cc1noc(C)c1CN(Cc1cccs1)[C@H]1CCS(=O)(=O)C1. The molecular formula is C15H20N2O3S2. The van der Waals surface area contributed by atoms with E-state index in [1.165, 1.54) is 4.88 Å². The van der Waals surface area contributed by atoms with E-state index in [-0.39, 0.29) is 11.8 Å². The lowest BCUT2D eigenvalue weighted by Gasteiger charge is -2.27. The number of nitrogens with zero attached hydrogens (tertiary/aromatic N) is 2. The van der Waals surface area contributed by atoms with E-state index in [1.807, 2.05) is 19.9 Å². The number of thiophene rings is 1. The third-order valence-electron chi connectivity index (χ3n) is 4.21. The number of aromatic nitrogens is 1. The van der Waals surface area contributed by atoms with Gasteiger partial charge < -0.3 is 4.52 Å². The molecule has 2 aromatic heterocycles. The van der Waals surface area contributed by atoms with Crippen molar-refractivity contribution >= 4 is 21.2 Å². The summed E-state index contributed by atoms with van der Waals surface area (Å²) in [6.07, 6.45) is 0.705. The van der Waals surface area contributed by atoms with E-state index < -0.39 is 9.84 Å². The first-order valence-corrected chi connectivity index (χ1v) is 10.0. The van der Waals surface area contributed by atoms with Gasteiger partial charge in [0.1, 0.15) is 5.76 Å². The van der Waals surface area contributed by atoms with E-state index in [4.69, 9.17) is 4.52 Å². The van der Waals surface area contributed by atoms with E-state index in [1.54, 1.807) is 11.3 Å². The summed E-state index contributed by atoms with van der Waals surface area (Å²) in [5.41, 5.74) is 1.95. The van der Waals surface area contributed by atoms with Gasteiger partial charge in [-0.1, -0.05) is 11.2 Å². The summed E-state index contributed by atoms with van der Waals surface area (Å²) in [6, 6.07) is 4.19. The largest absolute Gasteiger partial charge is 0.361 e. The minimum atomic E-state index is -2.90. The smallest absolute Gasteiger partial charge is 0.151 e. The van der Waals surface area contributed by atoms with Gasteiger partial charge in [0.2, 0.25) is 0 Å². The second-order valence-corrected chi connectivity index (χ2v) is 9.10. The Bertz CT molecular complexity index is 715. The highest BCUT2D eigenvalue weighted by Crippen LogP contribution is 2.25. The molecule has 0 radical (unpaired) electrons. The number of aryl methyl sites for hydroxylation is 2. The van der Waals surface area contributed by atoms with Crippen LogP contribution in [-0.4, -0.2) is 36.0 Å². The van der Waals surface area contributed by atoms with E-state index in [0.29, 0.717) is 18.7 Å². The first kappa shape index (κ1) is 15.7. The van der Waals surface area contributed by atoms with Crippen molar-refractivity contribution in [3.63, 3.8) is 0 Å². The second-order valence-electron chi connectivity index (χ2n) is 5.84. The van der Waals surface area contributed by atoms with Gasteiger partial charge in [0.15, 0.2) is 9.84 Å². The highest BCUT2D eigenvalue weighted by Gasteiger charge is 2.33. The predicted molar refractivity (Wildman–Crippen MR) is 86.6 cm³/mol. The molecule has 1 aliphatic rings. The van der Waals surface area contributed by atoms with Gasteiger partial charge in [0.05, 0.1) is 17.2 Å². The van der Waals surface area contributed by atoms with Crippen molar-refractivity contribution in [3.8, 4) is 0 Å². The molecule has 0 bridgehead atoms. The Labute approximate surface area is 134 Å². The van der Waals surface area contributed by atoms with Crippen LogP contribution in [-0.2, 0) is 22.9 Å². The molecule has 0 amide bonds. The molecule has 1 atom stereocenters. The molecule has 5 nitrogen and oxygen atoms in total. The molecule has 0 spiro atoms. The van der Waals surface area contributed by atoms with Crippen molar-refractivity contribution < 1.29 is 12.9 Å². The van der Waals surface area contributed by atoms with Gasteiger partial charge in [-0.3, -0.25) is 4.90 Å².